The monoisotopic (exact) mass is 293 g/mol. The maximum Gasteiger partial charge on any atom is 0.142 e. The van der Waals surface area contributed by atoms with Crippen molar-refractivity contribution in [3.63, 3.8) is 0 Å². The Kier molecular flexibility index (Phi) is 4.99. The average Bonchev–Trinajstić information content (AvgIpc) is 2.43. The number of ether oxygens (including phenoxy) is 1. The van der Waals surface area contributed by atoms with E-state index in [1.807, 2.05) is 25.1 Å². The molecule has 20 heavy (non-hydrogen) atoms. The van der Waals surface area contributed by atoms with Crippen LogP contribution in [0.1, 0.15) is 16.7 Å². The fraction of sp³-hybridized carbons (Fsp3) is 0.250. The lowest BCUT2D eigenvalue weighted by Gasteiger charge is -2.14. The van der Waals surface area contributed by atoms with Gasteiger partial charge in [-0.05, 0) is 37.1 Å². The van der Waals surface area contributed by atoms with Crippen LogP contribution in [-0.4, -0.2) is 6.54 Å². The summed E-state index contributed by atoms with van der Waals surface area (Å²) in [7, 11) is 0. The smallest absolute Gasteiger partial charge is 0.142 e. The first-order valence-corrected chi connectivity index (χ1v) is 6.85. The second kappa shape index (κ2) is 6.73. The van der Waals surface area contributed by atoms with Crippen LogP contribution in [0.25, 0.3) is 0 Å². The highest BCUT2D eigenvalue weighted by molar-refractivity contribution is 6.31. The predicted molar refractivity (Wildman–Crippen MR) is 79.7 cm³/mol. The fourth-order valence-electron chi connectivity index (χ4n) is 2.08. The molecule has 0 spiro atoms. The number of aryl methyl sites for hydroxylation is 1. The first kappa shape index (κ1) is 14.8. The quantitative estimate of drug-likeness (QED) is 0.908. The first-order valence-electron chi connectivity index (χ1n) is 6.47. The Labute approximate surface area is 123 Å². The number of para-hydroxylation sites is 1. The molecule has 0 unspecified atom stereocenters. The molecule has 106 valence electrons. The Hall–Kier alpha value is -1.58. The van der Waals surface area contributed by atoms with Crippen molar-refractivity contribution in [1.29, 1.82) is 0 Å². The van der Waals surface area contributed by atoms with Crippen LogP contribution in [0.4, 0.5) is 4.39 Å². The van der Waals surface area contributed by atoms with Gasteiger partial charge in [-0.3, -0.25) is 0 Å². The maximum atomic E-state index is 13.4. The topological polar surface area (TPSA) is 35.2 Å². The van der Waals surface area contributed by atoms with Crippen molar-refractivity contribution >= 4 is 11.6 Å². The van der Waals surface area contributed by atoms with Gasteiger partial charge in [0.25, 0.3) is 0 Å². The third kappa shape index (κ3) is 3.30. The molecule has 0 aliphatic carbocycles. The van der Waals surface area contributed by atoms with Gasteiger partial charge >= 0.3 is 0 Å². The van der Waals surface area contributed by atoms with E-state index in [1.165, 1.54) is 6.07 Å². The first-order chi connectivity index (χ1) is 9.63. The molecular formula is C16H17ClFNO. The van der Waals surface area contributed by atoms with Crippen LogP contribution in [-0.2, 0) is 13.0 Å². The van der Waals surface area contributed by atoms with Crippen molar-refractivity contribution in [2.24, 2.45) is 5.73 Å². The Morgan fingerprint density at radius 3 is 2.60 bits per heavy atom. The molecule has 4 heteroatoms. The van der Waals surface area contributed by atoms with Gasteiger partial charge in [-0.1, -0.05) is 41.9 Å². The highest BCUT2D eigenvalue weighted by Gasteiger charge is 2.10. The van der Waals surface area contributed by atoms with Crippen molar-refractivity contribution in [2.75, 3.05) is 6.54 Å². The average molecular weight is 294 g/mol. The molecule has 0 amide bonds. The molecule has 0 saturated heterocycles. The number of hydrogen-bond donors (Lipinski definition) is 1. The summed E-state index contributed by atoms with van der Waals surface area (Å²) in [5, 5.41) is 0.112. The molecule has 0 saturated carbocycles. The molecule has 2 nitrogen and oxygen atoms in total. The lowest BCUT2D eigenvalue weighted by Crippen LogP contribution is -2.07. The minimum atomic E-state index is -0.431. The summed E-state index contributed by atoms with van der Waals surface area (Å²) in [5.41, 5.74) is 8.32. The van der Waals surface area contributed by atoms with Crippen molar-refractivity contribution in [3.05, 3.63) is 63.9 Å². The maximum absolute atomic E-state index is 13.4. The van der Waals surface area contributed by atoms with Crippen LogP contribution in [0, 0.1) is 12.7 Å². The van der Waals surface area contributed by atoms with E-state index in [4.69, 9.17) is 22.1 Å². The van der Waals surface area contributed by atoms with Gasteiger partial charge in [0.05, 0.1) is 5.02 Å². The number of halogens is 2. The fourth-order valence-corrected chi connectivity index (χ4v) is 2.26. The van der Waals surface area contributed by atoms with E-state index < -0.39 is 5.82 Å². The van der Waals surface area contributed by atoms with Crippen LogP contribution in [0.5, 0.6) is 5.75 Å². The summed E-state index contributed by atoms with van der Waals surface area (Å²) in [6.45, 7) is 2.77. The molecule has 0 atom stereocenters. The Bertz CT molecular complexity index is 601. The summed E-state index contributed by atoms with van der Waals surface area (Å²) in [6, 6.07) is 10.7. The van der Waals surface area contributed by atoms with Crippen molar-refractivity contribution in [1.82, 2.24) is 0 Å². The summed E-state index contributed by atoms with van der Waals surface area (Å²) < 4.78 is 19.2. The third-order valence-electron chi connectivity index (χ3n) is 3.11. The van der Waals surface area contributed by atoms with E-state index in [0.717, 1.165) is 23.3 Å². The minimum absolute atomic E-state index is 0.112. The van der Waals surface area contributed by atoms with Gasteiger partial charge in [0.2, 0.25) is 0 Å². The van der Waals surface area contributed by atoms with Crippen molar-refractivity contribution in [3.8, 4) is 5.75 Å². The number of hydrogen-bond acceptors (Lipinski definition) is 2. The molecular weight excluding hydrogens is 277 g/mol. The zero-order chi connectivity index (χ0) is 14.5. The largest absolute Gasteiger partial charge is 0.488 e. The highest BCUT2D eigenvalue weighted by Crippen LogP contribution is 2.26. The van der Waals surface area contributed by atoms with Gasteiger partial charge < -0.3 is 10.5 Å². The predicted octanol–water partition coefficient (Wildman–Crippen LogP) is 3.87. The van der Waals surface area contributed by atoms with E-state index in [1.54, 1.807) is 12.1 Å². The summed E-state index contributed by atoms with van der Waals surface area (Å²) >= 11 is 5.93. The van der Waals surface area contributed by atoms with E-state index in [9.17, 15) is 4.39 Å². The zero-order valence-electron chi connectivity index (χ0n) is 11.3. The van der Waals surface area contributed by atoms with E-state index in [0.29, 0.717) is 12.1 Å². The molecule has 0 fully saturated rings. The zero-order valence-corrected chi connectivity index (χ0v) is 12.1. The molecule has 2 aromatic carbocycles. The normalized spacial score (nSPS) is 10.6. The third-order valence-corrected chi connectivity index (χ3v) is 3.53. The molecule has 0 heterocycles. The van der Waals surface area contributed by atoms with Crippen LogP contribution in [0.3, 0.4) is 0 Å². The highest BCUT2D eigenvalue weighted by atomic mass is 35.5. The van der Waals surface area contributed by atoms with Crippen LogP contribution < -0.4 is 10.5 Å². The van der Waals surface area contributed by atoms with Gasteiger partial charge in [0.1, 0.15) is 18.2 Å². The summed E-state index contributed by atoms with van der Waals surface area (Å²) in [6.07, 6.45) is 0.744. The van der Waals surface area contributed by atoms with E-state index in [2.05, 4.69) is 0 Å². The molecule has 0 bridgehead atoms. The lowest BCUT2D eigenvalue weighted by molar-refractivity contribution is 0.300. The number of benzene rings is 2. The molecule has 2 N–H and O–H groups in total. The van der Waals surface area contributed by atoms with Gasteiger partial charge in [0, 0.05) is 5.56 Å². The number of rotatable bonds is 5. The molecule has 0 aliphatic rings. The Morgan fingerprint density at radius 1 is 1.15 bits per heavy atom. The van der Waals surface area contributed by atoms with E-state index >= 15 is 0 Å². The lowest BCUT2D eigenvalue weighted by atomic mass is 10.1. The Morgan fingerprint density at radius 2 is 1.85 bits per heavy atom. The van der Waals surface area contributed by atoms with Gasteiger partial charge in [-0.2, -0.15) is 0 Å². The second-order valence-electron chi connectivity index (χ2n) is 4.60. The SMILES string of the molecule is Cc1cccc(CCN)c1OCc1cccc(F)c1Cl. The van der Waals surface area contributed by atoms with Gasteiger partial charge in [-0.15, -0.1) is 0 Å². The second-order valence-corrected chi connectivity index (χ2v) is 4.98. The molecule has 2 rings (SSSR count). The van der Waals surface area contributed by atoms with Crippen molar-refractivity contribution < 1.29 is 9.13 Å². The van der Waals surface area contributed by atoms with Crippen LogP contribution in [0.2, 0.25) is 5.02 Å². The standard InChI is InChI=1S/C16H17ClFNO/c1-11-4-2-5-12(8-9-19)16(11)20-10-13-6-3-7-14(18)15(13)17/h2-7H,8-10,19H2,1H3. The van der Waals surface area contributed by atoms with Gasteiger partial charge in [0.15, 0.2) is 0 Å². The minimum Gasteiger partial charge on any atom is -0.488 e. The molecule has 0 radical (unpaired) electrons. The number of nitrogens with two attached hydrogens (primary N) is 1. The van der Waals surface area contributed by atoms with E-state index in [-0.39, 0.29) is 11.6 Å². The molecule has 0 aromatic heterocycles. The van der Waals surface area contributed by atoms with Crippen LogP contribution in [0.15, 0.2) is 36.4 Å². The summed E-state index contributed by atoms with van der Waals surface area (Å²) in [4.78, 5) is 0. The molecule has 2 aromatic rings. The van der Waals surface area contributed by atoms with Gasteiger partial charge in [-0.25, -0.2) is 4.39 Å². The van der Waals surface area contributed by atoms with Crippen molar-refractivity contribution in [2.45, 2.75) is 20.0 Å². The molecule has 0 aliphatic heterocycles. The Balaban J connectivity index is 2.20. The van der Waals surface area contributed by atoms with Crippen LogP contribution >= 0.6 is 11.6 Å². The summed E-state index contributed by atoms with van der Waals surface area (Å²) in [5.74, 6) is 0.373.